The number of aliphatic hydroxyl groups is 1. The molecule has 1 saturated carbocycles. The fourth-order valence-electron chi connectivity index (χ4n) is 6.53. The number of fused-ring (bicyclic) bond motifs is 5. The van der Waals surface area contributed by atoms with Crippen molar-refractivity contribution in [3.8, 4) is 11.5 Å². The fourth-order valence-corrected chi connectivity index (χ4v) is 6.53. The van der Waals surface area contributed by atoms with Gasteiger partial charge in [-0.3, -0.25) is 14.5 Å². The van der Waals surface area contributed by atoms with Crippen LogP contribution >= 0.6 is 0 Å². The van der Waals surface area contributed by atoms with Crippen molar-refractivity contribution in [2.75, 3.05) is 42.6 Å². The molecule has 0 spiro atoms. The molecule has 13 nitrogen and oxygen atoms in total. The van der Waals surface area contributed by atoms with Gasteiger partial charge in [0, 0.05) is 24.7 Å². The van der Waals surface area contributed by atoms with Gasteiger partial charge in [0.2, 0.25) is 5.43 Å². The van der Waals surface area contributed by atoms with E-state index < -0.39 is 77.7 Å². The molecule has 0 radical (unpaired) electrons. The third-order valence-electron chi connectivity index (χ3n) is 8.94. The van der Waals surface area contributed by atoms with E-state index in [-0.39, 0.29) is 65.9 Å². The van der Waals surface area contributed by atoms with Crippen LogP contribution in [-0.4, -0.2) is 89.5 Å². The maximum Gasteiger partial charge on any atom is 0.471 e. The molecule has 4 aliphatic rings. The molecular weight excluding hydrogens is 667 g/mol. The van der Waals surface area contributed by atoms with Gasteiger partial charge in [-0.05, 0) is 31.0 Å². The maximum absolute atomic E-state index is 15.7. The Balaban J connectivity index is 1.06. The van der Waals surface area contributed by atoms with Crippen molar-refractivity contribution in [2.45, 2.75) is 49.2 Å². The number of aromatic carboxylic acids is 1. The first-order valence-corrected chi connectivity index (χ1v) is 15.2. The number of carbonyl (C=O) groups is 3. The number of hydrogen-bond acceptors (Lipinski definition) is 9. The highest BCUT2D eigenvalue weighted by atomic mass is 19.4. The zero-order valence-electron chi connectivity index (χ0n) is 25.3. The standard InChI is InChI=1S/C31H27F5N4O9/c32-20-5-15(39-9-17(49-29(39)45)8-37-28(44)31(34,35)36)3-4-22(20)48-13-30(46)7-16-11-47-26-23-18(6-21(33)24(26)40(16)12-30)25(41)19(27(42)43)10-38(23)14-1-2-14/h3-6,10,14,16-17,46H,1-2,7-9,11-13H2,(H,37,44)(H,42,43)/t16-,17-,30+/m0/s1. The van der Waals surface area contributed by atoms with Gasteiger partial charge < -0.3 is 39.2 Å². The van der Waals surface area contributed by atoms with Gasteiger partial charge in [-0.15, -0.1) is 0 Å². The number of halogens is 5. The van der Waals surface area contributed by atoms with Crippen molar-refractivity contribution in [1.29, 1.82) is 0 Å². The largest absolute Gasteiger partial charge is 0.487 e. The molecule has 0 unspecified atom stereocenters. The number of pyridine rings is 1. The molecular formula is C31H27F5N4O9. The minimum Gasteiger partial charge on any atom is -0.487 e. The van der Waals surface area contributed by atoms with Crippen LogP contribution in [0.4, 0.5) is 38.1 Å². The van der Waals surface area contributed by atoms with E-state index in [1.165, 1.54) is 18.3 Å². The van der Waals surface area contributed by atoms with Crippen molar-refractivity contribution in [2.24, 2.45) is 0 Å². The van der Waals surface area contributed by atoms with Crippen LogP contribution in [0.25, 0.3) is 10.9 Å². The number of alkyl halides is 3. The summed E-state index contributed by atoms with van der Waals surface area (Å²) in [4.78, 5) is 50.6. The molecule has 3 atom stereocenters. The van der Waals surface area contributed by atoms with Crippen LogP contribution in [0.2, 0.25) is 0 Å². The van der Waals surface area contributed by atoms with E-state index in [2.05, 4.69) is 0 Å². The number of aromatic nitrogens is 1. The van der Waals surface area contributed by atoms with Gasteiger partial charge in [-0.2, -0.15) is 13.2 Å². The monoisotopic (exact) mass is 694 g/mol. The Hall–Kier alpha value is -5.13. The molecule has 260 valence electrons. The highest BCUT2D eigenvalue weighted by molar-refractivity contribution is 5.97. The van der Waals surface area contributed by atoms with Crippen LogP contribution in [0.3, 0.4) is 0 Å². The molecule has 2 aromatic carbocycles. The van der Waals surface area contributed by atoms with Crippen molar-refractivity contribution < 1.29 is 60.8 Å². The van der Waals surface area contributed by atoms with Gasteiger partial charge in [0.15, 0.2) is 23.1 Å². The Bertz CT molecular complexity index is 1970. The van der Waals surface area contributed by atoms with Crippen molar-refractivity contribution in [3.05, 3.63) is 57.9 Å². The van der Waals surface area contributed by atoms with Crippen LogP contribution in [0.5, 0.6) is 11.5 Å². The van der Waals surface area contributed by atoms with Gasteiger partial charge in [0.05, 0.1) is 42.3 Å². The van der Waals surface area contributed by atoms with Gasteiger partial charge in [-0.1, -0.05) is 0 Å². The summed E-state index contributed by atoms with van der Waals surface area (Å²) in [5.74, 6) is -5.63. The Morgan fingerprint density at radius 2 is 1.86 bits per heavy atom. The number of carboxylic acids is 1. The zero-order chi connectivity index (χ0) is 35.0. The predicted molar refractivity (Wildman–Crippen MR) is 158 cm³/mol. The van der Waals surface area contributed by atoms with E-state index in [1.54, 1.807) is 14.8 Å². The number of amides is 2. The lowest BCUT2D eigenvalue weighted by Crippen LogP contribution is -2.41. The number of carbonyl (C=O) groups excluding carboxylic acids is 2. The number of ether oxygens (including phenoxy) is 3. The van der Waals surface area contributed by atoms with E-state index in [9.17, 15) is 42.6 Å². The molecule has 7 rings (SSSR count). The summed E-state index contributed by atoms with van der Waals surface area (Å²) in [7, 11) is 0. The number of benzene rings is 2. The van der Waals surface area contributed by atoms with Crippen LogP contribution < -0.4 is 30.0 Å². The quantitative estimate of drug-likeness (QED) is 0.299. The number of rotatable bonds is 8. The average molecular weight is 695 g/mol. The summed E-state index contributed by atoms with van der Waals surface area (Å²) in [5, 5.41) is 22.5. The van der Waals surface area contributed by atoms with Crippen LogP contribution in [0.1, 0.15) is 35.7 Å². The van der Waals surface area contributed by atoms with Crippen LogP contribution in [0.15, 0.2) is 35.3 Å². The van der Waals surface area contributed by atoms with E-state index >= 15 is 8.78 Å². The predicted octanol–water partition coefficient (Wildman–Crippen LogP) is 3.10. The van der Waals surface area contributed by atoms with E-state index in [0.29, 0.717) is 0 Å². The first-order valence-electron chi connectivity index (χ1n) is 15.2. The number of nitrogens with zero attached hydrogens (tertiary/aromatic N) is 3. The van der Waals surface area contributed by atoms with Crippen molar-refractivity contribution in [1.82, 2.24) is 9.88 Å². The Morgan fingerprint density at radius 1 is 1.10 bits per heavy atom. The van der Waals surface area contributed by atoms with E-state index in [0.717, 1.165) is 29.9 Å². The van der Waals surface area contributed by atoms with Gasteiger partial charge >= 0.3 is 24.1 Å². The summed E-state index contributed by atoms with van der Waals surface area (Å²) in [6.07, 6.45) is -4.43. The van der Waals surface area contributed by atoms with Gasteiger partial charge in [0.25, 0.3) is 0 Å². The molecule has 4 heterocycles. The van der Waals surface area contributed by atoms with Gasteiger partial charge in [0.1, 0.15) is 36.2 Å². The lowest BCUT2D eigenvalue weighted by Gasteiger charge is -2.34. The molecule has 1 aliphatic carbocycles. The molecule has 3 N–H and O–H groups in total. The third kappa shape index (κ3) is 5.83. The summed E-state index contributed by atoms with van der Waals surface area (Å²) in [6.45, 7) is -1.45. The molecule has 3 fully saturated rings. The second kappa shape index (κ2) is 11.5. The van der Waals surface area contributed by atoms with Crippen LogP contribution in [0, 0.1) is 11.6 Å². The van der Waals surface area contributed by atoms with E-state index in [4.69, 9.17) is 14.2 Å². The summed E-state index contributed by atoms with van der Waals surface area (Å²) >= 11 is 0. The highest BCUT2D eigenvalue weighted by Gasteiger charge is 2.48. The number of anilines is 2. The first-order chi connectivity index (χ1) is 23.1. The average Bonchev–Trinajstić information content (AvgIpc) is 3.72. The second-order valence-corrected chi connectivity index (χ2v) is 12.5. The SMILES string of the molecule is O=C(O)c1cn(C2CC2)c2c3c(c(F)cc2c1=O)N1C[C@@](O)(COc2ccc(N4C[C@H](CNC(=O)C(F)(F)F)OC4=O)cc2F)C[C@H]1CO3. The Labute approximate surface area is 272 Å². The minimum atomic E-state index is -5.11. The second-order valence-electron chi connectivity index (χ2n) is 12.5. The molecule has 49 heavy (non-hydrogen) atoms. The Kier molecular flexibility index (Phi) is 7.60. The fraction of sp³-hybridized carbons (Fsp3) is 0.419. The molecule has 1 aromatic heterocycles. The number of carboxylic acid groups (broad SMARTS) is 1. The smallest absolute Gasteiger partial charge is 0.471 e. The third-order valence-corrected chi connectivity index (χ3v) is 8.94. The molecule has 3 aromatic rings. The molecule has 0 bridgehead atoms. The molecule has 2 saturated heterocycles. The summed E-state index contributed by atoms with van der Waals surface area (Å²) in [5.41, 5.74) is -2.67. The van der Waals surface area contributed by atoms with Crippen molar-refractivity contribution >= 4 is 40.2 Å². The number of nitrogens with one attached hydrogen (secondary N) is 1. The van der Waals surface area contributed by atoms with Crippen molar-refractivity contribution in [3.63, 3.8) is 0 Å². The van der Waals surface area contributed by atoms with Gasteiger partial charge in [-0.25, -0.2) is 18.4 Å². The lowest BCUT2D eigenvalue weighted by atomic mass is 10.0. The molecule has 18 heteroatoms. The number of cyclic esters (lactones) is 1. The number of hydrogen-bond donors (Lipinski definition) is 3. The highest BCUT2D eigenvalue weighted by Crippen LogP contribution is 2.48. The first kappa shape index (κ1) is 32.4. The lowest BCUT2D eigenvalue weighted by molar-refractivity contribution is -0.173. The molecule has 2 amide bonds. The molecule has 3 aliphatic heterocycles. The minimum absolute atomic E-state index is 0.000796. The topological polar surface area (TPSA) is 160 Å². The summed E-state index contributed by atoms with van der Waals surface area (Å²) in [6, 6.07) is 3.80. The Morgan fingerprint density at radius 3 is 2.53 bits per heavy atom. The van der Waals surface area contributed by atoms with Crippen LogP contribution in [-0.2, 0) is 9.53 Å². The normalized spacial score (nSPS) is 23.2. The summed E-state index contributed by atoms with van der Waals surface area (Å²) < 4.78 is 86.4. The maximum atomic E-state index is 15.7. The van der Waals surface area contributed by atoms with E-state index in [1.807, 2.05) is 0 Å². The zero-order valence-corrected chi connectivity index (χ0v) is 25.3.